The Morgan fingerprint density at radius 3 is 2.79 bits per heavy atom. The van der Waals surface area contributed by atoms with Crippen LogP contribution in [0, 0.1) is 12.8 Å². The van der Waals surface area contributed by atoms with Crippen molar-refractivity contribution in [1.82, 2.24) is 14.9 Å². The van der Waals surface area contributed by atoms with Crippen LogP contribution in [0.1, 0.15) is 31.7 Å². The first-order valence-electron chi connectivity index (χ1n) is 7.09. The van der Waals surface area contributed by atoms with Crippen LogP contribution in [0.25, 0.3) is 0 Å². The second-order valence-corrected chi connectivity index (χ2v) is 5.63. The monoisotopic (exact) mass is 263 g/mol. The molecule has 0 amide bonds. The van der Waals surface area contributed by atoms with E-state index in [0.717, 1.165) is 43.1 Å². The predicted octanol–water partition coefficient (Wildman–Crippen LogP) is 1.68. The summed E-state index contributed by atoms with van der Waals surface area (Å²) in [4.78, 5) is 11.3. The fourth-order valence-electron chi connectivity index (χ4n) is 2.62. The summed E-state index contributed by atoms with van der Waals surface area (Å²) in [6, 6.07) is 0.467. The zero-order valence-electron chi connectivity index (χ0n) is 12.4. The molecule has 5 nitrogen and oxygen atoms in total. The Morgan fingerprint density at radius 2 is 2.16 bits per heavy atom. The number of nitrogens with zero attached hydrogens (tertiary/aromatic N) is 3. The van der Waals surface area contributed by atoms with Gasteiger partial charge in [-0.15, -0.1) is 0 Å². The molecule has 0 spiro atoms. The molecule has 2 heterocycles. The van der Waals surface area contributed by atoms with Gasteiger partial charge in [0.15, 0.2) is 0 Å². The number of piperidine rings is 1. The summed E-state index contributed by atoms with van der Waals surface area (Å²) in [6.07, 6.45) is 1.95. The number of hydrogen-bond donors (Lipinski definition) is 2. The first-order chi connectivity index (χ1) is 9.01. The highest BCUT2D eigenvalue weighted by atomic mass is 15.1. The molecule has 1 saturated heterocycles. The van der Waals surface area contributed by atoms with Crippen molar-refractivity contribution in [3.63, 3.8) is 0 Å². The molecule has 5 heteroatoms. The molecule has 0 aromatic carbocycles. The van der Waals surface area contributed by atoms with Gasteiger partial charge in [-0.05, 0) is 32.9 Å². The maximum Gasteiger partial charge on any atom is 0.134 e. The molecular weight excluding hydrogens is 238 g/mol. The van der Waals surface area contributed by atoms with Gasteiger partial charge in [0.05, 0.1) is 0 Å². The average Bonchev–Trinajstić information content (AvgIpc) is 2.37. The molecule has 0 saturated carbocycles. The van der Waals surface area contributed by atoms with Crippen molar-refractivity contribution in [1.29, 1.82) is 0 Å². The van der Waals surface area contributed by atoms with Crippen LogP contribution in [0.4, 0.5) is 11.6 Å². The molecule has 1 aliphatic heterocycles. The number of hydrogen-bond acceptors (Lipinski definition) is 5. The van der Waals surface area contributed by atoms with Crippen molar-refractivity contribution in [2.75, 3.05) is 31.2 Å². The van der Waals surface area contributed by atoms with Gasteiger partial charge in [-0.2, -0.15) is 0 Å². The van der Waals surface area contributed by atoms with Crippen LogP contribution in [0.15, 0.2) is 0 Å². The highest BCUT2D eigenvalue weighted by Crippen LogP contribution is 2.23. The SMILES string of the molecule is CCc1nc(N)c(C)c(NC2CCN(C)CC2C)n1. The molecule has 2 rings (SSSR count). The molecule has 2 unspecified atom stereocenters. The van der Waals surface area contributed by atoms with Gasteiger partial charge in [0.1, 0.15) is 17.5 Å². The van der Waals surface area contributed by atoms with Crippen molar-refractivity contribution in [2.24, 2.45) is 5.92 Å². The van der Waals surface area contributed by atoms with Crippen LogP contribution in [0.3, 0.4) is 0 Å². The molecule has 0 radical (unpaired) electrons. The van der Waals surface area contributed by atoms with Gasteiger partial charge in [0, 0.05) is 24.6 Å². The van der Waals surface area contributed by atoms with Gasteiger partial charge < -0.3 is 16.0 Å². The Labute approximate surface area is 115 Å². The molecular formula is C14H25N5. The molecule has 0 bridgehead atoms. The Hall–Kier alpha value is -1.36. The lowest BCUT2D eigenvalue weighted by Gasteiger charge is -2.35. The van der Waals surface area contributed by atoms with Crippen LogP contribution >= 0.6 is 0 Å². The molecule has 0 aliphatic carbocycles. The van der Waals surface area contributed by atoms with Crippen LogP contribution in [0.2, 0.25) is 0 Å². The molecule has 19 heavy (non-hydrogen) atoms. The number of anilines is 2. The lowest BCUT2D eigenvalue weighted by molar-refractivity contribution is 0.206. The van der Waals surface area contributed by atoms with Crippen molar-refractivity contribution >= 4 is 11.6 Å². The smallest absolute Gasteiger partial charge is 0.134 e. The normalized spacial score (nSPS) is 24.4. The Bertz CT molecular complexity index is 446. The van der Waals surface area contributed by atoms with Crippen LogP contribution < -0.4 is 11.1 Å². The van der Waals surface area contributed by atoms with Gasteiger partial charge in [0.2, 0.25) is 0 Å². The van der Waals surface area contributed by atoms with Crippen LogP contribution in [0.5, 0.6) is 0 Å². The zero-order chi connectivity index (χ0) is 14.0. The third-order valence-electron chi connectivity index (χ3n) is 3.98. The van der Waals surface area contributed by atoms with Gasteiger partial charge in [-0.1, -0.05) is 13.8 Å². The third-order valence-corrected chi connectivity index (χ3v) is 3.98. The molecule has 1 fully saturated rings. The largest absolute Gasteiger partial charge is 0.383 e. The van der Waals surface area contributed by atoms with Crippen LogP contribution in [-0.4, -0.2) is 41.0 Å². The summed E-state index contributed by atoms with van der Waals surface area (Å²) in [5.41, 5.74) is 6.92. The maximum atomic E-state index is 5.96. The fraction of sp³-hybridized carbons (Fsp3) is 0.714. The van der Waals surface area contributed by atoms with E-state index in [1.807, 2.05) is 13.8 Å². The number of nitrogen functional groups attached to an aromatic ring is 1. The summed E-state index contributed by atoms with van der Waals surface area (Å²) in [5, 5.41) is 3.58. The molecule has 1 aliphatic rings. The number of nitrogens with one attached hydrogen (secondary N) is 1. The van der Waals surface area contributed by atoms with Crippen molar-refractivity contribution in [2.45, 2.75) is 39.7 Å². The summed E-state index contributed by atoms with van der Waals surface area (Å²) in [5.74, 6) is 2.92. The summed E-state index contributed by atoms with van der Waals surface area (Å²) < 4.78 is 0. The predicted molar refractivity (Wildman–Crippen MR) is 79.2 cm³/mol. The molecule has 1 aromatic heterocycles. The minimum atomic E-state index is 0.467. The van der Waals surface area contributed by atoms with Gasteiger partial charge in [-0.25, -0.2) is 9.97 Å². The minimum absolute atomic E-state index is 0.467. The highest BCUT2D eigenvalue weighted by Gasteiger charge is 2.25. The Balaban J connectivity index is 2.16. The first kappa shape index (κ1) is 14.1. The quantitative estimate of drug-likeness (QED) is 0.868. The van der Waals surface area contributed by atoms with E-state index in [9.17, 15) is 0 Å². The third kappa shape index (κ3) is 3.15. The Morgan fingerprint density at radius 1 is 1.42 bits per heavy atom. The topological polar surface area (TPSA) is 67.1 Å². The number of nitrogens with two attached hydrogens (primary N) is 1. The average molecular weight is 263 g/mol. The van der Waals surface area contributed by atoms with Gasteiger partial charge in [0.25, 0.3) is 0 Å². The van der Waals surface area contributed by atoms with Gasteiger partial charge >= 0.3 is 0 Å². The minimum Gasteiger partial charge on any atom is -0.383 e. The van der Waals surface area contributed by atoms with E-state index in [2.05, 4.69) is 34.2 Å². The molecule has 1 aromatic rings. The highest BCUT2D eigenvalue weighted by molar-refractivity contribution is 5.55. The van der Waals surface area contributed by atoms with Gasteiger partial charge in [-0.3, -0.25) is 0 Å². The van der Waals surface area contributed by atoms with Crippen molar-refractivity contribution < 1.29 is 0 Å². The lowest BCUT2D eigenvalue weighted by Crippen LogP contribution is -2.43. The number of aryl methyl sites for hydroxylation is 1. The number of rotatable bonds is 3. The second kappa shape index (κ2) is 5.74. The Kier molecular flexibility index (Phi) is 4.24. The second-order valence-electron chi connectivity index (χ2n) is 5.63. The zero-order valence-corrected chi connectivity index (χ0v) is 12.4. The number of aromatic nitrogens is 2. The molecule has 3 N–H and O–H groups in total. The van der Waals surface area contributed by atoms with Crippen molar-refractivity contribution in [3.05, 3.63) is 11.4 Å². The van der Waals surface area contributed by atoms with E-state index >= 15 is 0 Å². The standard InChI is InChI=1S/C14H25N5/c1-5-12-17-13(15)10(3)14(18-12)16-11-6-7-19(4)8-9(11)2/h9,11H,5-8H2,1-4H3,(H3,15,16,17,18). The maximum absolute atomic E-state index is 5.96. The van der Waals surface area contributed by atoms with Crippen LogP contribution in [-0.2, 0) is 6.42 Å². The summed E-state index contributed by atoms with van der Waals surface area (Å²) in [6.45, 7) is 8.57. The molecule has 2 atom stereocenters. The number of likely N-dealkylation sites (tertiary alicyclic amines) is 1. The van der Waals surface area contributed by atoms with E-state index in [0.29, 0.717) is 17.8 Å². The molecule has 106 valence electrons. The van der Waals surface area contributed by atoms with E-state index in [-0.39, 0.29) is 0 Å². The first-order valence-corrected chi connectivity index (χ1v) is 7.09. The van der Waals surface area contributed by atoms with E-state index in [1.165, 1.54) is 0 Å². The van der Waals surface area contributed by atoms with E-state index in [4.69, 9.17) is 5.73 Å². The lowest BCUT2D eigenvalue weighted by atomic mass is 9.94. The summed E-state index contributed by atoms with van der Waals surface area (Å²) in [7, 11) is 2.18. The van der Waals surface area contributed by atoms with E-state index in [1.54, 1.807) is 0 Å². The summed E-state index contributed by atoms with van der Waals surface area (Å²) >= 11 is 0. The van der Waals surface area contributed by atoms with E-state index < -0.39 is 0 Å². The van der Waals surface area contributed by atoms with Crippen molar-refractivity contribution in [3.8, 4) is 0 Å². The fourth-order valence-corrected chi connectivity index (χ4v) is 2.62.